The van der Waals surface area contributed by atoms with Crippen molar-refractivity contribution in [3.63, 3.8) is 0 Å². The fourth-order valence-corrected chi connectivity index (χ4v) is 4.44. The van der Waals surface area contributed by atoms with Crippen molar-refractivity contribution in [1.29, 1.82) is 0 Å². The molecule has 5 aromatic rings. The number of carbonyl (C=O) groups is 1. The molecule has 0 unspecified atom stereocenters. The van der Waals surface area contributed by atoms with Crippen LogP contribution < -0.4 is 10.6 Å². The first kappa shape index (κ1) is 25.9. The van der Waals surface area contributed by atoms with E-state index in [1.807, 2.05) is 56.6 Å². The maximum Gasteiger partial charge on any atom is 0.224 e. The second kappa shape index (κ2) is 11.8. The van der Waals surface area contributed by atoms with E-state index in [1.165, 1.54) is 0 Å². The van der Waals surface area contributed by atoms with Crippen LogP contribution in [0.3, 0.4) is 0 Å². The number of rotatable bonds is 9. The monoisotopic (exact) mass is 517 g/mol. The molecule has 0 aliphatic rings. The van der Waals surface area contributed by atoms with E-state index in [1.54, 1.807) is 12.4 Å². The smallest absolute Gasteiger partial charge is 0.224 e. The highest BCUT2D eigenvalue weighted by atomic mass is 16.1. The number of nitrogens with zero attached hydrogens (tertiary/aromatic N) is 4. The summed E-state index contributed by atoms with van der Waals surface area (Å²) in [6.07, 6.45) is 7.46. The quantitative estimate of drug-likeness (QED) is 0.170. The van der Waals surface area contributed by atoms with Gasteiger partial charge < -0.3 is 10.3 Å². The van der Waals surface area contributed by atoms with E-state index >= 15 is 0 Å². The zero-order valence-corrected chi connectivity index (χ0v) is 22.3. The van der Waals surface area contributed by atoms with E-state index in [0.29, 0.717) is 18.8 Å². The number of hydrogen-bond donors (Lipinski definition) is 3. The molecule has 4 heterocycles. The summed E-state index contributed by atoms with van der Waals surface area (Å²) in [4.78, 5) is 34.1. The lowest BCUT2D eigenvalue weighted by Crippen LogP contribution is -2.16. The Hall–Kier alpha value is -4.69. The molecule has 3 N–H and O–H groups in total. The fraction of sp³-hybridized carbons (Fsp3) is 0.194. The number of aromatic nitrogens is 4. The van der Waals surface area contributed by atoms with Crippen LogP contribution in [0, 0.1) is 6.92 Å². The lowest BCUT2D eigenvalue weighted by atomic mass is 10.00. The number of amides is 1. The van der Waals surface area contributed by atoms with Crippen molar-refractivity contribution in [3.8, 4) is 22.4 Å². The summed E-state index contributed by atoms with van der Waals surface area (Å²) in [7, 11) is 0. The number of aromatic amines is 1. The van der Waals surface area contributed by atoms with Crippen LogP contribution in [0.25, 0.3) is 33.3 Å². The highest BCUT2D eigenvalue weighted by molar-refractivity contribution is 6.15. The Morgan fingerprint density at radius 3 is 2.64 bits per heavy atom. The Bertz CT molecular complexity index is 1640. The maximum absolute atomic E-state index is 11.9. The third-order valence-corrected chi connectivity index (χ3v) is 6.48. The van der Waals surface area contributed by atoms with Gasteiger partial charge in [-0.25, -0.2) is 0 Å². The average Bonchev–Trinajstić information content (AvgIpc) is 3.41. The molecular formula is C31H31N7O. The summed E-state index contributed by atoms with van der Waals surface area (Å²) in [5.74, 6) is -0.0570. The van der Waals surface area contributed by atoms with Crippen LogP contribution in [0.2, 0.25) is 0 Å². The molecule has 5 rings (SSSR count). The fourth-order valence-electron chi connectivity index (χ4n) is 4.44. The maximum atomic E-state index is 11.9. The summed E-state index contributed by atoms with van der Waals surface area (Å²) in [5, 5.41) is 7.26. The Kier molecular flexibility index (Phi) is 7.84. The SMILES string of the molecule is CCNC/N=C(/c1cc2c(-c3ccccn3)cccc2[nH]1)c1cc(-c2cncc(NC(=O)CC)c2)cnc1C. The molecule has 0 spiro atoms. The number of H-pyrrole nitrogens is 1. The summed E-state index contributed by atoms with van der Waals surface area (Å²) in [6, 6.07) is 18.3. The van der Waals surface area contributed by atoms with E-state index in [0.717, 1.165) is 62.5 Å². The van der Waals surface area contributed by atoms with Crippen molar-refractivity contribution in [1.82, 2.24) is 25.3 Å². The number of fused-ring (bicyclic) bond motifs is 1. The Labute approximate surface area is 227 Å². The first-order valence-corrected chi connectivity index (χ1v) is 13.1. The minimum Gasteiger partial charge on any atom is -0.353 e. The van der Waals surface area contributed by atoms with Crippen molar-refractivity contribution in [2.75, 3.05) is 18.5 Å². The third kappa shape index (κ3) is 5.76. The van der Waals surface area contributed by atoms with Gasteiger partial charge in [-0.3, -0.25) is 30.1 Å². The predicted octanol–water partition coefficient (Wildman–Crippen LogP) is 5.75. The summed E-state index contributed by atoms with van der Waals surface area (Å²) >= 11 is 0. The molecule has 1 aromatic carbocycles. The van der Waals surface area contributed by atoms with Crippen molar-refractivity contribution >= 4 is 28.2 Å². The van der Waals surface area contributed by atoms with Crippen LogP contribution in [-0.4, -0.2) is 44.8 Å². The predicted molar refractivity (Wildman–Crippen MR) is 157 cm³/mol. The van der Waals surface area contributed by atoms with E-state index in [9.17, 15) is 4.79 Å². The third-order valence-electron chi connectivity index (χ3n) is 6.48. The second-order valence-corrected chi connectivity index (χ2v) is 9.15. The zero-order valence-electron chi connectivity index (χ0n) is 22.3. The van der Waals surface area contributed by atoms with Gasteiger partial charge in [-0.05, 0) is 49.9 Å². The standard InChI is InChI=1S/C31H31N7O/c1-4-30(39)37-23-13-21(16-33-18-23)22-14-25(20(3)35-17-22)31(36-19-32-5-2)29-15-26-24(9-8-11-28(26)38-29)27-10-6-7-12-34-27/h6-18,32,38H,4-5,19H2,1-3H3,(H,37,39)/b36-31+. The average molecular weight is 518 g/mol. The van der Waals surface area contributed by atoms with Gasteiger partial charge in [0.15, 0.2) is 0 Å². The minimum atomic E-state index is -0.0570. The molecule has 39 heavy (non-hydrogen) atoms. The Morgan fingerprint density at radius 2 is 1.85 bits per heavy atom. The van der Waals surface area contributed by atoms with Crippen molar-refractivity contribution in [2.45, 2.75) is 27.2 Å². The summed E-state index contributed by atoms with van der Waals surface area (Å²) in [6.45, 7) is 7.15. The number of anilines is 1. The molecule has 8 nitrogen and oxygen atoms in total. The van der Waals surface area contributed by atoms with Crippen LogP contribution >= 0.6 is 0 Å². The molecule has 0 radical (unpaired) electrons. The summed E-state index contributed by atoms with van der Waals surface area (Å²) in [5.41, 5.74) is 8.87. The van der Waals surface area contributed by atoms with Crippen LogP contribution in [0.1, 0.15) is 37.2 Å². The van der Waals surface area contributed by atoms with Crippen molar-refractivity contribution in [3.05, 3.63) is 96.3 Å². The Morgan fingerprint density at radius 1 is 0.974 bits per heavy atom. The van der Waals surface area contributed by atoms with Gasteiger partial charge in [-0.15, -0.1) is 0 Å². The molecule has 4 aromatic heterocycles. The minimum absolute atomic E-state index is 0.0570. The number of hydrogen-bond acceptors (Lipinski definition) is 6. The number of carbonyl (C=O) groups excluding carboxylic acids is 1. The second-order valence-electron chi connectivity index (χ2n) is 9.15. The van der Waals surface area contributed by atoms with Gasteiger partial charge in [0.1, 0.15) is 0 Å². The number of nitrogens with one attached hydrogen (secondary N) is 3. The van der Waals surface area contributed by atoms with E-state index in [4.69, 9.17) is 9.98 Å². The molecule has 0 atom stereocenters. The molecule has 0 bridgehead atoms. The number of benzene rings is 1. The molecule has 196 valence electrons. The highest BCUT2D eigenvalue weighted by Crippen LogP contribution is 2.30. The Balaban J connectivity index is 1.60. The van der Waals surface area contributed by atoms with Gasteiger partial charge >= 0.3 is 0 Å². The molecule has 0 saturated heterocycles. The normalized spacial score (nSPS) is 11.6. The van der Waals surface area contributed by atoms with E-state index in [-0.39, 0.29) is 5.91 Å². The topological polar surface area (TPSA) is 108 Å². The van der Waals surface area contributed by atoms with Gasteiger partial charge in [-0.1, -0.05) is 32.0 Å². The van der Waals surface area contributed by atoms with Crippen LogP contribution in [-0.2, 0) is 4.79 Å². The van der Waals surface area contributed by atoms with Crippen LogP contribution in [0.15, 0.2) is 84.4 Å². The zero-order chi connectivity index (χ0) is 27.2. The first-order valence-electron chi connectivity index (χ1n) is 13.1. The van der Waals surface area contributed by atoms with Crippen LogP contribution in [0.5, 0.6) is 0 Å². The van der Waals surface area contributed by atoms with E-state index in [2.05, 4.69) is 56.8 Å². The lowest BCUT2D eigenvalue weighted by molar-refractivity contribution is -0.115. The van der Waals surface area contributed by atoms with Gasteiger partial charge in [0.05, 0.1) is 35.7 Å². The summed E-state index contributed by atoms with van der Waals surface area (Å²) < 4.78 is 0. The lowest BCUT2D eigenvalue weighted by Gasteiger charge is -2.12. The molecule has 0 saturated carbocycles. The molecular weight excluding hydrogens is 486 g/mol. The van der Waals surface area contributed by atoms with Gasteiger partial charge in [0, 0.05) is 63.9 Å². The largest absolute Gasteiger partial charge is 0.353 e. The molecule has 0 fully saturated rings. The highest BCUT2D eigenvalue weighted by Gasteiger charge is 2.17. The molecule has 8 heteroatoms. The molecule has 0 aliphatic carbocycles. The van der Waals surface area contributed by atoms with Gasteiger partial charge in [0.2, 0.25) is 5.91 Å². The number of pyridine rings is 3. The molecule has 1 amide bonds. The molecule has 0 aliphatic heterocycles. The van der Waals surface area contributed by atoms with Gasteiger partial charge in [-0.2, -0.15) is 0 Å². The van der Waals surface area contributed by atoms with Gasteiger partial charge in [0.25, 0.3) is 0 Å². The van der Waals surface area contributed by atoms with Crippen LogP contribution in [0.4, 0.5) is 5.69 Å². The van der Waals surface area contributed by atoms with E-state index < -0.39 is 0 Å². The van der Waals surface area contributed by atoms with Crippen molar-refractivity contribution < 1.29 is 4.79 Å². The number of aryl methyl sites for hydroxylation is 1. The number of aliphatic imine (C=N–C) groups is 1. The first-order chi connectivity index (χ1) is 19.1. The van der Waals surface area contributed by atoms with Crippen molar-refractivity contribution in [2.24, 2.45) is 4.99 Å².